The summed E-state index contributed by atoms with van der Waals surface area (Å²) in [7, 11) is 0. The Kier molecular flexibility index (Phi) is 2.82. The number of aromatic amines is 1. The molecule has 0 amide bonds. The molecule has 0 aliphatic rings. The molecule has 90 valence electrons. The monoisotopic (exact) mass is 256 g/mol. The number of rotatable bonds is 3. The maximum atomic E-state index is 4.37. The summed E-state index contributed by atoms with van der Waals surface area (Å²) in [5.74, 6) is 0.653. The Bertz CT molecular complexity index is 663. The maximum Gasteiger partial charge on any atom is 0.222 e. The average molecular weight is 256 g/mol. The van der Waals surface area contributed by atoms with Gasteiger partial charge in [0.15, 0.2) is 0 Å². The standard InChI is InChI=1S/C13H12N4S/c1-9-6-7-10(18-9)8-14-17-13-15-11-4-2-3-5-12(11)16-13/h2-8H,1H3,(H2,15,16,17). The number of para-hydroxylation sites is 2. The number of fused-ring (bicyclic) bond motifs is 1. The number of aromatic nitrogens is 2. The number of anilines is 1. The van der Waals surface area contributed by atoms with Crippen molar-refractivity contribution in [3.63, 3.8) is 0 Å². The van der Waals surface area contributed by atoms with Crippen molar-refractivity contribution in [1.82, 2.24) is 9.97 Å². The largest absolute Gasteiger partial charge is 0.323 e. The minimum atomic E-state index is 0.653. The molecule has 0 fully saturated rings. The van der Waals surface area contributed by atoms with Crippen LogP contribution in [-0.4, -0.2) is 16.2 Å². The maximum absolute atomic E-state index is 4.37. The molecule has 0 saturated heterocycles. The summed E-state index contributed by atoms with van der Waals surface area (Å²) in [6.45, 7) is 2.08. The number of nitrogens with one attached hydrogen (secondary N) is 2. The van der Waals surface area contributed by atoms with Gasteiger partial charge in [-0.3, -0.25) is 0 Å². The number of hydrazone groups is 1. The minimum absolute atomic E-state index is 0.653. The molecule has 2 N–H and O–H groups in total. The van der Waals surface area contributed by atoms with Gasteiger partial charge < -0.3 is 4.98 Å². The SMILES string of the molecule is Cc1ccc(C=NNc2nc3ccccc3[nH]2)s1. The van der Waals surface area contributed by atoms with Gasteiger partial charge in [-0.15, -0.1) is 11.3 Å². The fraction of sp³-hybridized carbons (Fsp3) is 0.0769. The van der Waals surface area contributed by atoms with Crippen LogP contribution in [0, 0.1) is 6.92 Å². The Labute approximate surface area is 108 Å². The Morgan fingerprint density at radius 2 is 2.17 bits per heavy atom. The van der Waals surface area contributed by atoms with Gasteiger partial charge in [0.1, 0.15) is 0 Å². The Morgan fingerprint density at radius 3 is 2.94 bits per heavy atom. The van der Waals surface area contributed by atoms with Gasteiger partial charge in [-0.2, -0.15) is 5.10 Å². The van der Waals surface area contributed by atoms with Crippen LogP contribution in [0.5, 0.6) is 0 Å². The second-order valence-corrected chi connectivity index (χ2v) is 5.24. The van der Waals surface area contributed by atoms with Gasteiger partial charge in [0.2, 0.25) is 5.95 Å². The van der Waals surface area contributed by atoms with E-state index in [1.165, 1.54) is 4.88 Å². The van der Waals surface area contributed by atoms with E-state index < -0.39 is 0 Å². The Hall–Kier alpha value is -2.14. The molecule has 3 rings (SSSR count). The van der Waals surface area contributed by atoms with E-state index in [0.29, 0.717) is 5.95 Å². The highest BCUT2D eigenvalue weighted by molar-refractivity contribution is 7.13. The van der Waals surface area contributed by atoms with Crippen molar-refractivity contribution in [1.29, 1.82) is 0 Å². The minimum Gasteiger partial charge on any atom is -0.323 e. The Morgan fingerprint density at radius 1 is 1.28 bits per heavy atom. The van der Waals surface area contributed by atoms with Crippen molar-refractivity contribution in [3.05, 3.63) is 46.2 Å². The van der Waals surface area contributed by atoms with Crippen LogP contribution < -0.4 is 5.43 Å². The van der Waals surface area contributed by atoms with Crippen molar-refractivity contribution in [3.8, 4) is 0 Å². The van der Waals surface area contributed by atoms with Crippen LogP contribution in [0.1, 0.15) is 9.75 Å². The number of thiophene rings is 1. The zero-order valence-corrected chi connectivity index (χ0v) is 10.7. The summed E-state index contributed by atoms with van der Waals surface area (Å²) in [5.41, 5.74) is 4.84. The van der Waals surface area contributed by atoms with Crippen LogP contribution in [0.3, 0.4) is 0 Å². The van der Waals surface area contributed by atoms with Crippen molar-refractivity contribution in [2.24, 2.45) is 5.10 Å². The molecule has 3 aromatic rings. The lowest BCUT2D eigenvalue weighted by atomic mass is 10.3. The second-order valence-electron chi connectivity index (χ2n) is 3.92. The Balaban J connectivity index is 1.74. The van der Waals surface area contributed by atoms with Crippen LogP contribution in [0.15, 0.2) is 41.5 Å². The van der Waals surface area contributed by atoms with E-state index >= 15 is 0 Å². The van der Waals surface area contributed by atoms with Crippen molar-refractivity contribution < 1.29 is 0 Å². The zero-order valence-electron chi connectivity index (χ0n) is 9.84. The smallest absolute Gasteiger partial charge is 0.222 e. The van der Waals surface area contributed by atoms with Gasteiger partial charge in [-0.05, 0) is 31.2 Å². The lowest BCUT2D eigenvalue weighted by molar-refractivity contribution is 1.22. The summed E-state index contributed by atoms with van der Waals surface area (Å²) in [6.07, 6.45) is 1.80. The van der Waals surface area contributed by atoms with Crippen LogP contribution in [-0.2, 0) is 0 Å². The normalized spacial score (nSPS) is 11.4. The molecule has 0 spiro atoms. The molecule has 4 nitrogen and oxygen atoms in total. The fourth-order valence-corrected chi connectivity index (χ4v) is 2.43. The molecule has 1 aromatic carbocycles. The molecule has 0 saturated carbocycles. The van der Waals surface area contributed by atoms with E-state index in [0.717, 1.165) is 15.9 Å². The summed E-state index contributed by atoms with van der Waals surface area (Å²) >= 11 is 1.71. The van der Waals surface area contributed by atoms with Gasteiger partial charge in [-0.25, -0.2) is 10.4 Å². The molecule has 0 unspecified atom stereocenters. The molecule has 5 heteroatoms. The first-order valence-corrected chi connectivity index (χ1v) is 6.43. The molecule has 0 bridgehead atoms. The molecule has 0 aliphatic heterocycles. The first kappa shape index (κ1) is 11.0. The number of hydrogen-bond acceptors (Lipinski definition) is 4. The van der Waals surface area contributed by atoms with Crippen LogP contribution in [0.4, 0.5) is 5.95 Å². The lowest BCUT2D eigenvalue weighted by Gasteiger charge is -1.91. The molecule has 2 aromatic heterocycles. The third-order valence-corrected chi connectivity index (χ3v) is 3.45. The number of aryl methyl sites for hydroxylation is 1. The molecular formula is C13H12N4S. The number of nitrogens with zero attached hydrogens (tertiary/aromatic N) is 2. The number of benzene rings is 1. The predicted molar refractivity (Wildman–Crippen MR) is 76.4 cm³/mol. The molecule has 0 aliphatic carbocycles. The summed E-state index contributed by atoms with van der Waals surface area (Å²) in [6, 6.07) is 12.0. The highest BCUT2D eigenvalue weighted by atomic mass is 32.1. The van der Waals surface area contributed by atoms with Crippen molar-refractivity contribution in [2.75, 3.05) is 5.43 Å². The average Bonchev–Trinajstić information content (AvgIpc) is 2.95. The van der Waals surface area contributed by atoms with Crippen LogP contribution >= 0.6 is 11.3 Å². The molecule has 0 atom stereocenters. The predicted octanol–water partition coefficient (Wildman–Crippen LogP) is 3.38. The zero-order chi connectivity index (χ0) is 12.4. The summed E-state index contributed by atoms with van der Waals surface area (Å²) < 4.78 is 0. The number of imidazole rings is 1. The third-order valence-electron chi connectivity index (χ3n) is 2.51. The molecule has 2 heterocycles. The topological polar surface area (TPSA) is 53.1 Å². The van der Waals surface area contributed by atoms with Gasteiger partial charge in [0.25, 0.3) is 0 Å². The fourth-order valence-electron chi connectivity index (χ4n) is 1.69. The highest BCUT2D eigenvalue weighted by Gasteiger charge is 1.99. The third kappa shape index (κ3) is 2.26. The van der Waals surface area contributed by atoms with Crippen LogP contribution in [0.25, 0.3) is 11.0 Å². The van der Waals surface area contributed by atoms with Gasteiger partial charge in [0, 0.05) is 9.75 Å². The summed E-state index contributed by atoms with van der Waals surface area (Å²) in [5, 5.41) is 4.16. The first-order chi connectivity index (χ1) is 8.81. The van der Waals surface area contributed by atoms with Gasteiger partial charge in [-0.1, -0.05) is 12.1 Å². The molecule has 18 heavy (non-hydrogen) atoms. The van der Waals surface area contributed by atoms with Crippen molar-refractivity contribution in [2.45, 2.75) is 6.92 Å². The van der Waals surface area contributed by atoms with Crippen LogP contribution in [0.2, 0.25) is 0 Å². The number of hydrogen-bond donors (Lipinski definition) is 2. The van der Waals surface area contributed by atoms with E-state index in [-0.39, 0.29) is 0 Å². The van der Waals surface area contributed by atoms with Gasteiger partial charge in [0.05, 0.1) is 17.2 Å². The van der Waals surface area contributed by atoms with Crippen molar-refractivity contribution >= 4 is 34.5 Å². The second kappa shape index (κ2) is 4.62. The highest BCUT2D eigenvalue weighted by Crippen LogP contribution is 2.14. The van der Waals surface area contributed by atoms with E-state index in [1.54, 1.807) is 17.6 Å². The lowest BCUT2D eigenvalue weighted by Crippen LogP contribution is -1.90. The van der Waals surface area contributed by atoms with E-state index in [9.17, 15) is 0 Å². The van der Waals surface area contributed by atoms with E-state index in [2.05, 4.69) is 33.5 Å². The quantitative estimate of drug-likeness (QED) is 0.557. The first-order valence-electron chi connectivity index (χ1n) is 5.61. The van der Waals surface area contributed by atoms with E-state index in [1.807, 2.05) is 30.3 Å². The van der Waals surface area contributed by atoms with E-state index in [4.69, 9.17) is 0 Å². The summed E-state index contributed by atoms with van der Waals surface area (Å²) in [4.78, 5) is 9.93. The molecular weight excluding hydrogens is 244 g/mol. The molecule has 0 radical (unpaired) electrons. The van der Waals surface area contributed by atoms with Gasteiger partial charge >= 0.3 is 0 Å². The number of H-pyrrole nitrogens is 1.